The summed E-state index contributed by atoms with van der Waals surface area (Å²) in [7, 11) is 1.28. The molecular formula is C12H15NO4S. The number of thioether (sulfide) groups is 1. The Bertz CT molecular complexity index is 419. The summed E-state index contributed by atoms with van der Waals surface area (Å²) in [5, 5.41) is 8.83. The van der Waals surface area contributed by atoms with E-state index in [4.69, 9.17) is 5.11 Å². The van der Waals surface area contributed by atoms with Crippen molar-refractivity contribution in [2.45, 2.75) is 4.90 Å². The van der Waals surface area contributed by atoms with Crippen molar-refractivity contribution in [1.82, 2.24) is 0 Å². The fourth-order valence-electron chi connectivity index (χ4n) is 1.42. The van der Waals surface area contributed by atoms with Gasteiger partial charge in [-0.25, -0.2) is 0 Å². The molecule has 1 aromatic carbocycles. The van der Waals surface area contributed by atoms with Crippen LogP contribution in [0.1, 0.15) is 0 Å². The van der Waals surface area contributed by atoms with E-state index in [1.165, 1.54) is 12.0 Å². The molecule has 1 aromatic rings. The maximum Gasteiger partial charge on any atom is 0.325 e. The largest absolute Gasteiger partial charge is 0.480 e. The molecule has 0 aliphatic rings. The molecule has 1 N–H and O–H groups in total. The fourth-order valence-corrected chi connectivity index (χ4v) is 1.82. The minimum absolute atomic E-state index is 0.0819. The molecule has 0 saturated heterocycles. The van der Waals surface area contributed by atoms with Crippen LogP contribution in [0.3, 0.4) is 0 Å². The van der Waals surface area contributed by atoms with Crippen molar-refractivity contribution in [1.29, 1.82) is 0 Å². The zero-order valence-electron chi connectivity index (χ0n) is 10.3. The van der Waals surface area contributed by atoms with E-state index in [2.05, 4.69) is 4.74 Å². The van der Waals surface area contributed by atoms with Gasteiger partial charge in [0.25, 0.3) is 0 Å². The van der Waals surface area contributed by atoms with E-state index in [-0.39, 0.29) is 13.1 Å². The number of carbonyl (C=O) groups is 2. The maximum absolute atomic E-state index is 11.2. The Hall–Kier alpha value is -1.69. The lowest BCUT2D eigenvalue weighted by atomic mass is 10.3. The second-order valence-corrected chi connectivity index (χ2v) is 4.40. The standard InChI is InChI=1S/C12H15NO4S/c1-17-12(16)8-13(7-11(14)15)9-3-5-10(18-2)6-4-9/h3-6H,7-8H2,1-2H3,(H,14,15). The first-order valence-corrected chi connectivity index (χ1v) is 6.47. The van der Waals surface area contributed by atoms with Crippen molar-refractivity contribution < 1.29 is 19.4 Å². The molecule has 0 saturated carbocycles. The number of ether oxygens (including phenoxy) is 1. The quantitative estimate of drug-likeness (QED) is 0.623. The maximum atomic E-state index is 11.2. The zero-order valence-corrected chi connectivity index (χ0v) is 11.1. The first-order chi connectivity index (χ1) is 8.56. The van der Waals surface area contributed by atoms with E-state index in [9.17, 15) is 9.59 Å². The number of anilines is 1. The van der Waals surface area contributed by atoms with Crippen molar-refractivity contribution in [3.8, 4) is 0 Å². The van der Waals surface area contributed by atoms with Gasteiger partial charge in [0.2, 0.25) is 0 Å². The van der Waals surface area contributed by atoms with Gasteiger partial charge in [-0.3, -0.25) is 9.59 Å². The van der Waals surface area contributed by atoms with E-state index >= 15 is 0 Å². The Morgan fingerprint density at radius 2 is 1.89 bits per heavy atom. The molecule has 5 nitrogen and oxygen atoms in total. The zero-order chi connectivity index (χ0) is 13.5. The van der Waals surface area contributed by atoms with Crippen LogP contribution in [0, 0.1) is 0 Å². The van der Waals surface area contributed by atoms with Gasteiger partial charge in [0, 0.05) is 10.6 Å². The lowest BCUT2D eigenvalue weighted by molar-refractivity contribution is -0.139. The van der Waals surface area contributed by atoms with Gasteiger partial charge in [-0.15, -0.1) is 11.8 Å². The highest BCUT2D eigenvalue weighted by Gasteiger charge is 2.14. The van der Waals surface area contributed by atoms with Crippen molar-refractivity contribution in [3.63, 3.8) is 0 Å². The van der Waals surface area contributed by atoms with Crippen LogP contribution in [-0.2, 0) is 14.3 Å². The number of benzene rings is 1. The summed E-state index contributed by atoms with van der Waals surface area (Å²) in [6, 6.07) is 7.34. The molecular weight excluding hydrogens is 254 g/mol. The molecule has 0 unspecified atom stereocenters. The second-order valence-electron chi connectivity index (χ2n) is 3.52. The average Bonchev–Trinajstić information content (AvgIpc) is 2.37. The first kappa shape index (κ1) is 14.4. The number of rotatable bonds is 6. The monoisotopic (exact) mass is 269 g/mol. The van der Waals surface area contributed by atoms with Crippen LogP contribution < -0.4 is 4.90 Å². The topological polar surface area (TPSA) is 66.8 Å². The molecule has 1 rings (SSSR count). The summed E-state index contributed by atoms with van der Waals surface area (Å²) < 4.78 is 4.55. The number of esters is 1. The summed E-state index contributed by atoms with van der Waals surface area (Å²) in [5.41, 5.74) is 0.681. The van der Waals surface area contributed by atoms with Gasteiger partial charge in [-0.1, -0.05) is 0 Å². The van der Waals surface area contributed by atoms with E-state index in [0.29, 0.717) is 5.69 Å². The molecule has 0 atom stereocenters. The van der Waals surface area contributed by atoms with E-state index in [1.807, 2.05) is 18.4 Å². The summed E-state index contributed by atoms with van der Waals surface area (Å²) in [5.74, 6) is -1.46. The van der Waals surface area contributed by atoms with Gasteiger partial charge in [0.1, 0.15) is 13.1 Å². The second kappa shape index (κ2) is 6.90. The first-order valence-electron chi connectivity index (χ1n) is 5.24. The van der Waals surface area contributed by atoms with Crippen LogP contribution in [0.15, 0.2) is 29.2 Å². The normalized spacial score (nSPS) is 9.89. The van der Waals surface area contributed by atoms with Crippen molar-refractivity contribution in [2.75, 3.05) is 31.4 Å². The van der Waals surface area contributed by atoms with Gasteiger partial charge in [-0.2, -0.15) is 0 Å². The van der Waals surface area contributed by atoms with Crippen LogP contribution in [0.2, 0.25) is 0 Å². The van der Waals surface area contributed by atoms with E-state index < -0.39 is 11.9 Å². The molecule has 0 aliphatic heterocycles. The number of hydrogen-bond donors (Lipinski definition) is 1. The Kier molecular flexibility index (Phi) is 5.51. The SMILES string of the molecule is COC(=O)CN(CC(=O)O)c1ccc(SC)cc1. The van der Waals surface area contributed by atoms with Crippen molar-refractivity contribution >= 4 is 29.4 Å². The highest BCUT2D eigenvalue weighted by atomic mass is 32.2. The van der Waals surface area contributed by atoms with Crippen LogP contribution in [0.5, 0.6) is 0 Å². The van der Waals surface area contributed by atoms with E-state index in [0.717, 1.165) is 4.90 Å². The fraction of sp³-hybridized carbons (Fsp3) is 0.333. The Labute approximate surface area is 110 Å². The molecule has 0 aliphatic carbocycles. The summed E-state index contributed by atoms with van der Waals surface area (Å²) in [6.45, 7) is -0.324. The third-order valence-corrected chi connectivity index (χ3v) is 3.05. The van der Waals surface area contributed by atoms with E-state index in [1.54, 1.807) is 23.9 Å². The molecule has 98 valence electrons. The molecule has 0 amide bonds. The molecule has 0 aromatic heterocycles. The van der Waals surface area contributed by atoms with Crippen LogP contribution in [0.25, 0.3) is 0 Å². The number of hydrogen-bond acceptors (Lipinski definition) is 5. The lowest BCUT2D eigenvalue weighted by Crippen LogP contribution is -2.35. The third-order valence-electron chi connectivity index (χ3n) is 2.31. The minimum Gasteiger partial charge on any atom is -0.480 e. The van der Waals surface area contributed by atoms with Crippen molar-refractivity contribution in [2.24, 2.45) is 0 Å². The van der Waals surface area contributed by atoms with Gasteiger partial charge in [0.05, 0.1) is 7.11 Å². The Morgan fingerprint density at radius 1 is 1.28 bits per heavy atom. The molecule has 0 fully saturated rings. The summed E-state index contributed by atoms with van der Waals surface area (Å²) in [6.07, 6.45) is 1.96. The number of carboxylic acid groups (broad SMARTS) is 1. The number of nitrogens with zero attached hydrogens (tertiary/aromatic N) is 1. The molecule has 0 radical (unpaired) electrons. The minimum atomic E-state index is -0.993. The van der Waals surface area contributed by atoms with Gasteiger partial charge in [-0.05, 0) is 30.5 Å². The molecule has 0 heterocycles. The third kappa shape index (κ3) is 4.29. The Balaban J connectivity index is 2.86. The van der Waals surface area contributed by atoms with Crippen molar-refractivity contribution in [3.05, 3.63) is 24.3 Å². The number of methoxy groups -OCH3 is 1. The molecule has 6 heteroatoms. The van der Waals surface area contributed by atoms with Gasteiger partial charge < -0.3 is 14.7 Å². The number of carbonyl (C=O) groups excluding carboxylic acids is 1. The van der Waals surface area contributed by atoms with Crippen LogP contribution in [0.4, 0.5) is 5.69 Å². The highest BCUT2D eigenvalue weighted by Crippen LogP contribution is 2.20. The molecule has 0 bridgehead atoms. The Morgan fingerprint density at radius 3 is 2.33 bits per heavy atom. The van der Waals surface area contributed by atoms with Crippen LogP contribution >= 0.6 is 11.8 Å². The number of aliphatic carboxylic acids is 1. The summed E-state index contributed by atoms with van der Waals surface area (Å²) in [4.78, 5) is 24.5. The molecule has 18 heavy (non-hydrogen) atoms. The average molecular weight is 269 g/mol. The molecule has 0 spiro atoms. The number of carboxylic acids is 1. The summed E-state index contributed by atoms with van der Waals surface area (Å²) >= 11 is 1.60. The predicted octanol–water partition coefficient (Wildman–Crippen LogP) is 1.47. The highest BCUT2D eigenvalue weighted by molar-refractivity contribution is 7.98. The van der Waals surface area contributed by atoms with Gasteiger partial charge >= 0.3 is 11.9 Å². The predicted molar refractivity (Wildman–Crippen MR) is 70.1 cm³/mol. The van der Waals surface area contributed by atoms with Gasteiger partial charge in [0.15, 0.2) is 0 Å². The van der Waals surface area contributed by atoms with Crippen LogP contribution in [-0.4, -0.2) is 43.5 Å². The lowest BCUT2D eigenvalue weighted by Gasteiger charge is -2.21. The smallest absolute Gasteiger partial charge is 0.325 e.